The van der Waals surface area contributed by atoms with Crippen LogP contribution >= 0.6 is 0 Å². The molecule has 3 N–H and O–H groups in total. The molecule has 10 nitrogen and oxygen atoms in total. The number of rotatable bonds is 5. The van der Waals surface area contributed by atoms with E-state index in [1.807, 2.05) is 25.4 Å². The predicted octanol–water partition coefficient (Wildman–Crippen LogP) is 1.000. The van der Waals surface area contributed by atoms with Crippen molar-refractivity contribution in [2.75, 3.05) is 5.32 Å². The van der Waals surface area contributed by atoms with Gasteiger partial charge in [-0.2, -0.15) is 10.2 Å². The van der Waals surface area contributed by atoms with Crippen molar-refractivity contribution in [3.05, 3.63) is 48.2 Å². The second-order valence-electron chi connectivity index (χ2n) is 6.04. The summed E-state index contributed by atoms with van der Waals surface area (Å²) in [6.07, 6.45) is 3.53. The van der Waals surface area contributed by atoms with E-state index in [4.69, 9.17) is 5.73 Å². The molecule has 0 saturated heterocycles. The highest BCUT2D eigenvalue weighted by Gasteiger charge is 2.19. The van der Waals surface area contributed by atoms with Gasteiger partial charge in [0.15, 0.2) is 17.3 Å². The number of primary amides is 1. The maximum absolute atomic E-state index is 11.3. The molecule has 27 heavy (non-hydrogen) atoms. The number of nitrogens with one attached hydrogen (secondary N) is 1. The molecule has 0 radical (unpaired) electrons. The summed E-state index contributed by atoms with van der Waals surface area (Å²) in [5.41, 5.74) is 7.74. The predicted molar refractivity (Wildman–Crippen MR) is 98.1 cm³/mol. The molecule has 4 aromatic heterocycles. The molecule has 4 rings (SSSR count). The van der Waals surface area contributed by atoms with E-state index in [1.54, 1.807) is 34.5 Å². The Morgan fingerprint density at radius 1 is 1.26 bits per heavy atom. The molecule has 0 spiro atoms. The van der Waals surface area contributed by atoms with Crippen molar-refractivity contribution in [3.63, 3.8) is 0 Å². The minimum Gasteiger partial charge on any atom is -0.369 e. The molecule has 0 bridgehead atoms. The number of anilines is 2. The third-order valence-electron chi connectivity index (χ3n) is 3.84. The minimum atomic E-state index is -0.456. The maximum Gasteiger partial charge on any atom is 0.223 e. The topological polar surface area (TPSA) is 129 Å². The summed E-state index contributed by atoms with van der Waals surface area (Å²) in [6, 6.07) is 7.21. The first-order valence-electron chi connectivity index (χ1n) is 8.23. The van der Waals surface area contributed by atoms with Crippen molar-refractivity contribution in [2.24, 2.45) is 12.8 Å². The molecule has 0 aliphatic carbocycles. The van der Waals surface area contributed by atoms with Crippen molar-refractivity contribution in [2.45, 2.75) is 13.3 Å². The van der Waals surface area contributed by atoms with Gasteiger partial charge < -0.3 is 11.1 Å². The highest BCUT2D eigenvalue weighted by Crippen LogP contribution is 2.29. The first-order chi connectivity index (χ1) is 13.0. The molecule has 136 valence electrons. The Bertz CT molecular complexity index is 1140. The number of hydrogen-bond acceptors (Lipinski definition) is 7. The van der Waals surface area contributed by atoms with Gasteiger partial charge in [0.1, 0.15) is 11.5 Å². The lowest BCUT2D eigenvalue weighted by atomic mass is 10.2. The van der Waals surface area contributed by atoms with E-state index in [1.165, 1.54) is 0 Å². The molecular formula is C17H17N9O. The molecule has 0 aromatic carbocycles. The standard InChI is InChI=1S/C17H17N9O/c1-10-20-11(9-13(18)27)8-12(21-10)16-17(22-14-5-7-25(2)24-14)23-15-4-3-6-19-26(15)16/h3-8H,9H2,1-2H3,(H2,18,27)(H,22,24). The average Bonchev–Trinajstić information content (AvgIpc) is 3.16. The van der Waals surface area contributed by atoms with Gasteiger partial charge in [-0.3, -0.25) is 9.48 Å². The lowest BCUT2D eigenvalue weighted by Crippen LogP contribution is -2.15. The van der Waals surface area contributed by atoms with Crippen molar-refractivity contribution < 1.29 is 4.79 Å². The highest BCUT2D eigenvalue weighted by molar-refractivity contribution is 5.79. The van der Waals surface area contributed by atoms with Crippen LogP contribution in [0.3, 0.4) is 0 Å². The van der Waals surface area contributed by atoms with Gasteiger partial charge in [-0.15, -0.1) is 0 Å². The summed E-state index contributed by atoms with van der Waals surface area (Å²) in [5.74, 6) is 1.27. The summed E-state index contributed by atoms with van der Waals surface area (Å²) in [4.78, 5) is 24.7. The summed E-state index contributed by atoms with van der Waals surface area (Å²) in [7, 11) is 1.83. The Morgan fingerprint density at radius 2 is 2.11 bits per heavy atom. The number of carbonyl (C=O) groups is 1. The molecular weight excluding hydrogens is 346 g/mol. The molecule has 10 heteroatoms. The highest BCUT2D eigenvalue weighted by atomic mass is 16.1. The molecule has 0 aliphatic heterocycles. The number of carbonyl (C=O) groups excluding carboxylic acids is 1. The van der Waals surface area contributed by atoms with Crippen molar-refractivity contribution in [1.29, 1.82) is 0 Å². The number of aryl methyl sites for hydroxylation is 2. The van der Waals surface area contributed by atoms with Crippen LogP contribution in [0.1, 0.15) is 11.5 Å². The van der Waals surface area contributed by atoms with Gasteiger partial charge in [0.2, 0.25) is 5.91 Å². The average molecular weight is 363 g/mol. The van der Waals surface area contributed by atoms with Crippen LogP contribution in [-0.4, -0.2) is 40.3 Å². The zero-order chi connectivity index (χ0) is 19.0. The van der Waals surface area contributed by atoms with Gasteiger partial charge in [0, 0.05) is 25.5 Å². The second kappa shape index (κ2) is 6.48. The Balaban J connectivity index is 1.88. The molecule has 0 unspecified atom stereocenters. The van der Waals surface area contributed by atoms with E-state index < -0.39 is 5.91 Å². The Labute approximate surface area is 154 Å². The zero-order valence-corrected chi connectivity index (χ0v) is 14.8. The summed E-state index contributed by atoms with van der Waals surface area (Å²) < 4.78 is 3.37. The largest absolute Gasteiger partial charge is 0.369 e. The smallest absolute Gasteiger partial charge is 0.223 e. The van der Waals surface area contributed by atoms with Gasteiger partial charge in [0.25, 0.3) is 0 Å². The second-order valence-corrected chi connectivity index (χ2v) is 6.04. The van der Waals surface area contributed by atoms with Crippen LogP contribution < -0.4 is 11.1 Å². The number of aromatic nitrogens is 7. The molecule has 0 aliphatic rings. The quantitative estimate of drug-likeness (QED) is 0.541. The van der Waals surface area contributed by atoms with Crippen LogP contribution in [0.4, 0.5) is 11.6 Å². The number of nitrogens with zero attached hydrogens (tertiary/aromatic N) is 7. The van der Waals surface area contributed by atoms with E-state index in [9.17, 15) is 4.79 Å². The van der Waals surface area contributed by atoms with Crippen LogP contribution in [0.2, 0.25) is 0 Å². The van der Waals surface area contributed by atoms with Crippen LogP contribution in [0.25, 0.3) is 17.0 Å². The Hall–Kier alpha value is -3.82. The van der Waals surface area contributed by atoms with E-state index >= 15 is 0 Å². The minimum absolute atomic E-state index is 0.0313. The van der Waals surface area contributed by atoms with E-state index in [2.05, 4.69) is 30.5 Å². The summed E-state index contributed by atoms with van der Waals surface area (Å²) >= 11 is 0. The van der Waals surface area contributed by atoms with Crippen LogP contribution in [0, 0.1) is 6.92 Å². The van der Waals surface area contributed by atoms with E-state index in [0.29, 0.717) is 40.2 Å². The van der Waals surface area contributed by atoms with Crippen LogP contribution in [0.15, 0.2) is 36.7 Å². The molecule has 1 amide bonds. The number of imidazole rings is 1. The number of hydrogen-bond donors (Lipinski definition) is 2. The number of nitrogens with two attached hydrogens (primary N) is 1. The number of fused-ring (bicyclic) bond motifs is 1. The first kappa shape index (κ1) is 16.6. The normalized spacial score (nSPS) is 11.0. The SMILES string of the molecule is Cc1nc(CC(N)=O)cc(-c2c(Nc3ccn(C)n3)nc3cccnn23)n1. The molecule has 0 atom stereocenters. The zero-order valence-electron chi connectivity index (χ0n) is 14.8. The molecule has 4 aromatic rings. The summed E-state index contributed by atoms with van der Waals surface area (Å²) in [5, 5.41) is 11.9. The van der Waals surface area contributed by atoms with Gasteiger partial charge in [-0.25, -0.2) is 19.5 Å². The maximum atomic E-state index is 11.3. The number of amides is 1. The first-order valence-corrected chi connectivity index (χ1v) is 8.23. The third kappa shape index (κ3) is 3.32. The van der Waals surface area contributed by atoms with Gasteiger partial charge in [-0.05, 0) is 25.1 Å². The van der Waals surface area contributed by atoms with Gasteiger partial charge >= 0.3 is 0 Å². The lowest BCUT2D eigenvalue weighted by molar-refractivity contribution is -0.117. The van der Waals surface area contributed by atoms with Crippen LogP contribution in [-0.2, 0) is 18.3 Å². The monoisotopic (exact) mass is 363 g/mol. The van der Waals surface area contributed by atoms with Crippen molar-refractivity contribution in [1.82, 2.24) is 34.3 Å². The van der Waals surface area contributed by atoms with Gasteiger partial charge in [0.05, 0.1) is 17.8 Å². The molecule has 0 saturated carbocycles. The lowest BCUT2D eigenvalue weighted by Gasteiger charge is -2.07. The molecule has 4 heterocycles. The van der Waals surface area contributed by atoms with Crippen molar-refractivity contribution >= 4 is 23.2 Å². The van der Waals surface area contributed by atoms with Crippen molar-refractivity contribution in [3.8, 4) is 11.4 Å². The van der Waals surface area contributed by atoms with E-state index in [0.717, 1.165) is 0 Å². The molecule has 0 fully saturated rings. The van der Waals surface area contributed by atoms with Crippen LogP contribution in [0.5, 0.6) is 0 Å². The Morgan fingerprint density at radius 3 is 2.85 bits per heavy atom. The van der Waals surface area contributed by atoms with E-state index in [-0.39, 0.29) is 6.42 Å². The fourth-order valence-electron chi connectivity index (χ4n) is 2.83. The fraction of sp³-hybridized carbons (Fsp3) is 0.176. The fourth-order valence-corrected chi connectivity index (χ4v) is 2.83. The Kier molecular flexibility index (Phi) is 3.99. The third-order valence-corrected chi connectivity index (χ3v) is 3.84. The summed E-state index contributed by atoms with van der Waals surface area (Å²) in [6.45, 7) is 1.76. The van der Waals surface area contributed by atoms with Gasteiger partial charge in [-0.1, -0.05) is 0 Å².